The van der Waals surface area contributed by atoms with Crippen LogP contribution >= 0.6 is 0 Å². The second kappa shape index (κ2) is 7.42. The Bertz CT molecular complexity index is 612. The zero-order valence-corrected chi connectivity index (χ0v) is 12.5. The number of hydrogen-bond acceptors (Lipinski definition) is 4. The summed E-state index contributed by atoms with van der Waals surface area (Å²) in [4.78, 5) is 15.7. The number of hydrogen-bond donors (Lipinski definition) is 3. The van der Waals surface area contributed by atoms with Gasteiger partial charge < -0.3 is 20.5 Å². The van der Waals surface area contributed by atoms with E-state index in [-0.39, 0.29) is 12.6 Å². The highest BCUT2D eigenvalue weighted by Crippen LogP contribution is 2.20. The van der Waals surface area contributed by atoms with Crippen LogP contribution in [0.1, 0.15) is 12.5 Å². The number of anilines is 1. The van der Waals surface area contributed by atoms with Gasteiger partial charge >= 0.3 is 6.03 Å². The number of amides is 2. The molecule has 2 aromatic rings. The van der Waals surface area contributed by atoms with Crippen LogP contribution < -0.4 is 15.4 Å². The molecule has 0 radical (unpaired) electrons. The molecule has 0 saturated carbocycles. The molecule has 6 nitrogen and oxygen atoms in total. The summed E-state index contributed by atoms with van der Waals surface area (Å²) in [5, 5.41) is 14.1. The minimum absolute atomic E-state index is 0.116. The van der Waals surface area contributed by atoms with E-state index in [1.807, 2.05) is 31.2 Å². The summed E-state index contributed by atoms with van der Waals surface area (Å²) in [5.74, 6) is 1.15. The predicted octanol–water partition coefficient (Wildman–Crippen LogP) is 2.68. The van der Waals surface area contributed by atoms with Crippen LogP contribution in [-0.2, 0) is 0 Å². The number of aryl methyl sites for hydroxylation is 1. The SMILES string of the molecule is Cc1ccc(Oc2ccc(NC(=O)NC(C)CO)cn2)cc1. The van der Waals surface area contributed by atoms with Crippen molar-refractivity contribution >= 4 is 11.7 Å². The smallest absolute Gasteiger partial charge is 0.319 e. The van der Waals surface area contributed by atoms with Crippen molar-refractivity contribution in [2.75, 3.05) is 11.9 Å². The van der Waals surface area contributed by atoms with E-state index in [1.54, 1.807) is 19.1 Å². The fourth-order valence-electron chi connectivity index (χ4n) is 1.68. The van der Waals surface area contributed by atoms with E-state index in [0.29, 0.717) is 17.3 Å². The Kier molecular flexibility index (Phi) is 5.32. The van der Waals surface area contributed by atoms with E-state index < -0.39 is 6.03 Å². The molecule has 1 unspecified atom stereocenters. The van der Waals surface area contributed by atoms with Crippen molar-refractivity contribution in [2.24, 2.45) is 0 Å². The third-order valence-corrected chi connectivity index (χ3v) is 2.89. The molecule has 116 valence electrons. The zero-order valence-electron chi connectivity index (χ0n) is 12.5. The average molecular weight is 301 g/mol. The third-order valence-electron chi connectivity index (χ3n) is 2.89. The van der Waals surface area contributed by atoms with Crippen LogP contribution in [-0.4, -0.2) is 28.8 Å². The summed E-state index contributed by atoms with van der Waals surface area (Å²) in [7, 11) is 0. The van der Waals surface area contributed by atoms with Gasteiger partial charge in [0, 0.05) is 6.07 Å². The van der Waals surface area contributed by atoms with Crippen LogP contribution in [0, 0.1) is 6.92 Å². The Morgan fingerprint density at radius 1 is 1.27 bits per heavy atom. The lowest BCUT2D eigenvalue weighted by molar-refractivity contribution is 0.229. The quantitative estimate of drug-likeness (QED) is 0.793. The highest BCUT2D eigenvalue weighted by Gasteiger charge is 2.06. The van der Waals surface area contributed by atoms with Gasteiger partial charge in [-0.15, -0.1) is 0 Å². The maximum atomic E-state index is 11.6. The Balaban J connectivity index is 1.92. The largest absolute Gasteiger partial charge is 0.439 e. The number of benzene rings is 1. The second-order valence-corrected chi connectivity index (χ2v) is 4.98. The molecule has 0 aliphatic heterocycles. The van der Waals surface area contributed by atoms with Gasteiger partial charge in [0.05, 0.1) is 24.5 Å². The lowest BCUT2D eigenvalue weighted by Gasteiger charge is -2.12. The second-order valence-electron chi connectivity index (χ2n) is 4.98. The van der Waals surface area contributed by atoms with Crippen molar-refractivity contribution in [3.8, 4) is 11.6 Å². The Morgan fingerprint density at radius 2 is 2.00 bits per heavy atom. The molecule has 2 rings (SSSR count). The molecule has 1 aromatic heterocycles. The first-order chi connectivity index (χ1) is 10.6. The van der Waals surface area contributed by atoms with Crippen LogP contribution in [0.5, 0.6) is 11.6 Å². The predicted molar refractivity (Wildman–Crippen MR) is 84.2 cm³/mol. The number of aliphatic hydroxyl groups excluding tert-OH is 1. The topological polar surface area (TPSA) is 83.5 Å². The van der Waals surface area contributed by atoms with Gasteiger partial charge in [0.15, 0.2) is 0 Å². The van der Waals surface area contributed by atoms with Gasteiger partial charge in [-0.3, -0.25) is 0 Å². The van der Waals surface area contributed by atoms with E-state index in [9.17, 15) is 4.79 Å². The van der Waals surface area contributed by atoms with E-state index >= 15 is 0 Å². The highest BCUT2D eigenvalue weighted by molar-refractivity contribution is 5.89. The Labute approximate surface area is 129 Å². The summed E-state index contributed by atoms with van der Waals surface area (Å²) >= 11 is 0. The molecule has 1 atom stereocenters. The van der Waals surface area contributed by atoms with Gasteiger partial charge in [0.2, 0.25) is 5.88 Å². The van der Waals surface area contributed by atoms with Crippen molar-refractivity contribution in [1.82, 2.24) is 10.3 Å². The van der Waals surface area contributed by atoms with Gasteiger partial charge in [0.25, 0.3) is 0 Å². The maximum absolute atomic E-state index is 11.6. The first kappa shape index (κ1) is 15.8. The van der Waals surface area contributed by atoms with Crippen molar-refractivity contribution in [1.29, 1.82) is 0 Å². The summed E-state index contributed by atoms with van der Waals surface area (Å²) in [6.45, 7) is 3.59. The molecule has 2 amide bonds. The monoisotopic (exact) mass is 301 g/mol. The minimum Gasteiger partial charge on any atom is -0.439 e. The molecule has 0 saturated heterocycles. The van der Waals surface area contributed by atoms with Gasteiger partial charge in [-0.25, -0.2) is 9.78 Å². The normalized spacial score (nSPS) is 11.6. The van der Waals surface area contributed by atoms with Gasteiger partial charge in [-0.2, -0.15) is 0 Å². The number of aliphatic hydroxyl groups is 1. The molecule has 0 aliphatic carbocycles. The van der Waals surface area contributed by atoms with Crippen LogP contribution in [0.2, 0.25) is 0 Å². The molecule has 0 fully saturated rings. The number of rotatable bonds is 5. The summed E-state index contributed by atoms with van der Waals surface area (Å²) < 4.78 is 5.60. The molecular formula is C16H19N3O3. The number of nitrogens with zero attached hydrogens (tertiary/aromatic N) is 1. The van der Waals surface area contributed by atoms with Crippen LogP contribution in [0.4, 0.5) is 10.5 Å². The van der Waals surface area contributed by atoms with Crippen LogP contribution in [0.15, 0.2) is 42.6 Å². The molecule has 0 aliphatic rings. The number of ether oxygens (including phenoxy) is 1. The van der Waals surface area contributed by atoms with Crippen LogP contribution in [0.25, 0.3) is 0 Å². The summed E-state index contributed by atoms with van der Waals surface area (Å²) in [6, 6.07) is 10.3. The zero-order chi connectivity index (χ0) is 15.9. The number of urea groups is 1. The van der Waals surface area contributed by atoms with E-state index in [1.165, 1.54) is 6.20 Å². The first-order valence-corrected chi connectivity index (χ1v) is 6.96. The highest BCUT2D eigenvalue weighted by atomic mass is 16.5. The molecule has 22 heavy (non-hydrogen) atoms. The van der Waals surface area contributed by atoms with Crippen molar-refractivity contribution in [2.45, 2.75) is 19.9 Å². The number of nitrogens with one attached hydrogen (secondary N) is 2. The number of aromatic nitrogens is 1. The lowest BCUT2D eigenvalue weighted by Crippen LogP contribution is -2.38. The number of carbonyl (C=O) groups is 1. The summed E-state index contributed by atoms with van der Waals surface area (Å²) in [5.41, 5.74) is 1.70. The molecule has 0 spiro atoms. The molecule has 1 heterocycles. The average Bonchev–Trinajstić information content (AvgIpc) is 2.51. The maximum Gasteiger partial charge on any atom is 0.319 e. The third kappa shape index (κ3) is 4.75. The summed E-state index contributed by atoms with van der Waals surface area (Å²) in [6.07, 6.45) is 1.51. The first-order valence-electron chi connectivity index (χ1n) is 6.96. The Hall–Kier alpha value is -2.60. The van der Waals surface area contributed by atoms with Gasteiger partial charge in [0.1, 0.15) is 5.75 Å². The van der Waals surface area contributed by atoms with Crippen molar-refractivity contribution in [3.05, 3.63) is 48.2 Å². The van der Waals surface area contributed by atoms with Gasteiger partial charge in [-0.05, 0) is 32.0 Å². The molecule has 1 aromatic carbocycles. The molecular weight excluding hydrogens is 282 g/mol. The van der Waals surface area contributed by atoms with Crippen LogP contribution in [0.3, 0.4) is 0 Å². The fraction of sp³-hybridized carbons (Fsp3) is 0.250. The van der Waals surface area contributed by atoms with E-state index in [2.05, 4.69) is 15.6 Å². The van der Waals surface area contributed by atoms with E-state index in [4.69, 9.17) is 9.84 Å². The van der Waals surface area contributed by atoms with Gasteiger partial charge in [-0.1, -0.05) is 17.7 Å². The lowest BCUT2D eigenvalue weighted by atomic mass is 10.2. The fourth-order valence-corrected chi connectivity index (χ4v) is 1.68. The molecule has 6 heteroatoms. The van der Waals surface area contributed by atoms with E-state index in [0.717, 1.165) is 5.56 Å². The van der Waals surface area contributed by atoms with Crippen molar-refractivity contribution in [3.63, 3.8) is 0 Å². The molecule has 3 N–H and O–H groups in total. The minimum atomic E-state index is -0.393. The standard InChI is InChI=1S/C16H19N3O3/c1-11-3-6-14(7-4-11)22-15-8-5-13(9-17-15)19-16(21)18-12(2)10-20/h3-9,12,20H,10H2,1-2H3,(H2,18,19,21). The van der Waals surface area contributed by atoms with Crippen molar-refractivity contribution < 1.29 is 14.6 Å². The number of pyridine rings is 1. The Morgan fingerprint density at radius 3 is 2.59 bits per heavy atom. The molecule has 0 bridgehead atoms. The number of carbonyl (C=O) groups excluding carboxylic acids is 1.